The van der Waals surface area contributed by atoms with Crippen LogP contribution in [0.3, 0.4) is 0 Å². The van der Waals surface area contributed by atoms with Crippen molar-refractivity contribution in [2.45, 2.75) is 19.1 Å². The van der Waals surface area contributed by atoms with Gasteiger partial charge >= 0.3 is 5.97 Å². The number of benzene rings is 3. The van der Waals surface area contributed by atoms with Gasteiger partial charge in [-0.15, -0.1) is 0 Å². The highest BCUT2D eigenvalue weighted by atomic mass is 79.9. The van der Waals surface area contributed by atoms with Crippen molar-refractivity contribution in [1.29, 1.82) is 0 Å². The lowest BCUT2D eigenvalue weighted by atomic mass is 10.1. The Balaban J connectivity index is 1.66. The Bertz CT molecular complexity index is 978. The number of hydrogen-bond acceptors (Lipinski definition) is 5. The first-order chi connectivity index (χ1) is 14.5. The number of aliphatic hydroxyl groups excluding tert-OH is 1. The van der Waals surface area contributed by atoms with Crippen LogP contribution in [0.5, 0.6) is 11.5 Å². The van der Waals surface area contributed by atoms with Crippen molar-refractivity contribution in [3.05, 3.63) is 94.0 Å². The van der Waals surface area contributed by atoms with E-state index in [2.05, 4.69) is 21.2 Å². The summed E-state index contributed by atoms with van der Waals surface area (Å²) in [6, 6.07) is 22.7. The van der Waals surface area contributed by atoms with Crippen molar-refractivity contribution in [2.24, 2.45) is 0 Å². The molecule has 0 aliphatic heterocycles. The van der Waals surface area contributed by atoms with E-state index in [1.807, 2.05) is 72.8 Å². The third-order valence-electron chi connectivity index (χ3n) is 4.56. The number of nitrogens with one attached hydrogen (secondary N) is 1. The molecule has 0 bridgehead atoms. The molecule has 30 heavy (non-hydrogen) atoms. The van der Waals surface area contributed by atoms with Crippen LogP contribution in [0, 0.1) is 0 Å². The highest BCUT2D eigenvalue weighted by Gasteiger charge is 2.10. The van der Waals surface area contributed by atoms with Crippen LogP contribution in [0.1, 0.15) is 22.8 Å². The predicted molar refractivity (Wildman–Crippen MR) is 119 cm³/mol. The van der Waals surface area contributed by atoms with Crippen molar-refractivity contribution in [3.8, 4) is 11.5 Å². The van der Waals surface area contributed by atoms with Crippen LogP contribution in [0.25, 0.3) is 0 Å². The molecule has 0 unspecified atom stereocenters. The van der Waals surface area contributed by atoms with Gasteiger partial charge in [0.05, 0.1) is 19.6 Å². The summed E-state index contributed by atoms with van der Waals surface area (Å²) in [4.78, 5) is 11.5. The normalized spacial score (nSPS) is 11.7. The molecule has 0 aliphatic rings. The number of rotatable bonds is 9. The molecule has 3 rings (SSSR count). The first-order valence-electron chi connectivity index (χ1n) is 9.61. The Morgan fingerprint density at radius 1 is 1.07 bits per heavy atom. The number of halogens is 1. The number of carbonyl (C=O) groups excluding carboxylic acids is 1. The van der Waals surface area contributed by atoms with Gasteiger partial charge in [-0.05, 0) is 41.5 Å². The van der Waals surface area contributed by atoms with Gasteiger partial charge in [-0.3, -0.25) is 4.79 Å². The fraction of sp³-hybridized carbons (Fsp3) is 0.208. The minimum atomic E-state index is -0.585. The molecule has 0 fully saturated rings. The number of methoxy groups -OCH3 is 1. The lowest BCUT2D eigenvalue weighted by molar-refractivity contribution is -0.139. The SMILES string of the molecule is COC(=O)Cc1cccc(Oc2ccc(Br)cc2CNC[C@@H](O)c2ccccc2)c1. The first-order valence-corrected chi connectivity index (χ1v) is 10.4. The van der Waals surface area contributed by atoms with Crippen LogP contribution < -0.4 is 10.1 Å². The van der Waals surface area contributed by atoms with E-state index < -0.39 is 6.10 Å². The maximum atomic E-state index is 11.5. The van der Waals surface area contributed by atoms with Gasteiger partial charge in [-0.2, -0.15) is 0 Å². The second kappa shape index (κ2) is 10.9. The summed E-state index contributed by atoms with van der Waals surface area (Å²) in [5, 5.41) is 13.6. The molecule has 6 heteroatoms. The average molecular weight is 470 g/mol. The molecule has 0 aromatic heterocycles. The maximum Gasteiger partial charge on any atom is 0.309 e. The van der Waals surface area contributed by atoms with Gasteiger partial charge in [0.15, 0.2) is 0 Å². The van der Waals surface area contributed by atoms with Crippen molar-refractivity contribution in [3.63, 3.8) is 0 Å². The first kappa shape index (κ1) is 22.0. The molecule has 0 saturated heterocycles. The summed E-state index contributed by atoms with van der Waals surface area (Å²) in [6.07, 6.45) is -0.391. The van der Waals surface area contributed by atoms with Crippen LogP contribution in [-0.4, -0.2) is 24.7 Å². The Morgan fingerprint density at radius 2 is 1.87 bits per heavy atom. The molecule has 3 aromatic rings. The highest BCUT2D eigenvalue weighted by Crippen LogP contribution is 2.29. The number of hydrogen-bond donors (Lipinski definition) is 2. The van der Waals surface area contributed by atoms with Crippen molar-refractivity contribution in [1.82, 2.24) is 5.32 Å². The molecule has 3 aromatic carbocycles. The zero-order valence-electron chi connectivity index (χ0n) is 16.7. The monoisotopic (exact) mass is 469 g/mol. The van der Waals surface area contributed by atoms with Gasteiger partial charge in [0.25, 0.3) is 0 Å². The largest absolute Gasteiger partial charge is 0.469 e. The van der Waals surface area contributed by atoms with E-state index in [1.54, 1.807) is 0 Å². The number of esters is 1. The minimum Gasteiger partial charge on any atom is -0.469 e. The van der Waals surface area contributed by atoms with Crippen LogP contribution in [0.2, 0.25) is 0 Å². The summed E-state index contributed by atoms with van der Waals surface area (Å²) >= 11 is 3.50. The van der Waals surface area contributed by atoms with Gasteiger partial charge in [-0.1, -0.05) is 58.4 Å². The number of aliphatic hydroxyl groups is 1. The highest BCUT2D eigenvalue weighted by molar-refractivity contribution is 9.10. The molecule has 0 aliphatic carbocycles. The van der Waals surface area contributed by atoms with Crippen LogP contribution >= 0.6 is 15.9 Å². The molecule has 2 N–H and O–H groups in total. The van der Waals surface area contributed by atoms with E-state index >= 15 is 0 Å². The van der Waals surface area contributed by atoms with E-state index in [0.717, 1.165) is 21.2 Å². The van der Waals surface area contributed by atoms with E-state index in [9.17, 15) is 9.90 Å². The number of ether oxygens (including phenoxy) is 2. The van der Waals surface area contributed by atoms with Crippen LogP contribution in [-0.2, 0) is 22.5 Å². The summed E-state index contributed by atoms with van der Waals surface area (Å²) in [5.41, 5.74) is 2.64. The summed E-state index contributed by atoms with van der Waals surface area (Å²) < 4.78 is 11.8. The van der Waals surface area contributed by atoms with E-state index in [0.29, 0.717) is 24.6 Å². The third kappa shape index (κ3) is 6.42. The molecule has 5 nitrogen and oxygen atoms in total. The Hall–Kier alpha value is -2.67. The molecular weight excluding hydrogens is 446 g/mol. The van der Waals surface area contributed by atoms with Gasteiger partial charge in [0, 0.05) is 23.1 Å². The molecule has 1 atom stereocenters. The summed E-state index contributed by atoms with van der Waals surface area (Å²) in [6.45, 7) is 0.950. The quantitative estimate of drug-likeness (QED) is 0.441. The van der Waals surface area contributed by atoms with Crippen molar-refractivity contribution in [2.75, 3.05) is 13.7 Å². The van der Waals surface area contributed by atoms with E-state index in [-0.39, 0.29) is 12.4 Å². The molecule has 0 spiro atoms. The fourth-order valence-electron chi connectivity index (χ4n) is 3.01. The topological polar surface area (TPSA) is 67.8 Å². The molecule has 0 radical (unpaired) electrons. The zero-order valence-corrected chi connectivity index (χ0v) is 18.3. The minimum absolute atomic E-state index is 0.194. The van der Waals surface area contributed by atoms with Gasteiger partial charge in [-0.25, -0.2) is 0 Å². The molecule has 0 heterocycles. The van der Waals surface area contributed by atoms with Gasteiger partial charge < -0.3 is 19.9 Å². The molecule has 156 valence electrons. The van der Waals surface area contributed by atoms with E-state index in [4.69, 9.17) is 9.47 Å². The lowest BCUT2D eigenvalue weighted by Gasteiger charge is -2.15. The standard InChI is InChI=1S/C24H24BrNO4/c1-29-24(28)13-17-6-5-9-21(12-17)30-23-11-10-20(25)14-19(23)15-26-16-22(27)18-7-3-2-4-8-18/h2-12,14,22,26-27H,13,15-16H2,1H3/t22-/m1/s1. The molecular formula is C24H24BrNO4. The van der Waals surface area contributed by atoms with Crippen LogP contribution in [0.4, 0.5) is 0 Å². The van der Waals surface area contributed by atoms with Crippen molar-refractivity contribution < 1.29 is 19.4 Å². The Morgan fingerprint density at radius 3 is 2.63 bits per heavy atom. The average Bonchev–Trinajstić information content (AvgIpc) is 2.76. The smallest absolute Gasteiger partial charge is 0.309 e. The lowest BCUT2D eigenvalue weighted by Crippen LogP contribution is -2.21. The Labute approximate surface area is 184 Å². The maximum absolute atomic E-state index is 11.5. The second-order valence-corrected chi connectivity index (χ2v) is 7.73. The third-order valence-corrected chi connectivity index (χ3v) is 5.06. The summed E-state index contributed by atoms with van der Waals surface area (Å²) in [5.74, 6) is 1.05. The second-order valence-electron chi connectivity index (χ2n) is 6.81. The van der Waals surface area contributed by atoms with Gasteiger partial charge in [0.1, 0.15) is 11.5 Å². The molecule has 0 amide bonds. The summed E-state index contributed by atoms with van der Waals surface area (Å²) in [7, 11) is 1.37. The van der Waals surface area contributed by atoms with Gasteiger partial charge in [0.2, 0.25) is 0 Å². The fourth-order valence-corrected chi connectivity index (χ4v) is 3.42. The van der Waals surface area contributed by atoms with Crippen molar-refractivity contribution >= 4 is 21.9 Å². The number of carbonyl (C=O) groups is 1. The zero-order chi connectivity index (χ0) is 21.3. The predicted octanol–water partition coefficient (Wildman–Crippen LogP) is 4.78. The molecule has 0 saturated carbocycles. The van der Waals surface area contributed by atoms with Crippen LogP contribution in [0.15, 0.2) is 77.3 Å². The van der Waals surface area contributed by atoms with E-state index in [1.165, 1.54) is 7.11 Å². The Kier molecular flexibility index (Phi) is 8.02.